The minimum atomic E-state index is -1.08. The molecular weight excluding hydrogens is 244 g/mol. The number of aliphatic hydroxyl groups excluding tert-OH is 2. The van der Waals surface area contributed by atoms with Crippen molar-refractivity contribution < 1.29 is 10.2 Å². The molecule has 102 valence electrons. The van der Waals surface area contributed by atoms with Crippen molar-refractivity contribution in [2.24, 2.45) is 5.11 Å². The van der Waals surface area contributed by atoms with Gasteiger partial charge in [-0.25, -0.2) is 0 Å². The summed E-state index contributed by atoms with van der Waals surface area (Å²) in [6.45, 7) is 1.80. The first-order valence-corrected chi connectivity index (χ1v) is 6.45. The Bertz CT molecular complexity index is 467. The van der Waals surface area contributed by atoms with Crippen LogP contribution in [-0.4, -0.2) is 36.0 Å². The highest BCUT2D eigenvalue weighted by Crippen LogP contribution is 2.30. The van der Waals surface area contributed by atoms with Gasteiger partial charge in [0.2, 0.25) is 0 Å². The molecule has 19 heavy (non-hydrogen) atoms. The second-order valence-corrected chi connectivity index (χ2v) is 4.68. The molecule has 2 unspecified atom stereocenters. The Morgan fingerprint density at radius 1 is 1.26 bits per heavy atom. The normalized spacial score (nSPS) is 17.9. The van der Waals surface area contributed by atoms with Crippen LogP contribution in [-0.2, 0) is 0 Å². The summed E-state index contributed by atoms with van der Waals surface area (Å²) in [7, 11) is 0. The molecule has 0 spiro atoms. The summed E-state index contributed by atoms with van der Waals surface area (Å²) in [5.74, 6) is 0. The van der Waals surface area contributed by atoms with Crippen molar-refractivity contribution >= 4 is 5.69 Å². The molecule has 0 bridgehead atoms. The zero-order valence-corrected chi connectivity index (χ0v) is 10.7. The molecule has 2 rings (SSSR count). The Hall–Kier alpha value is -1.75. The van der Waals surface area contributed by atoms with Gasteiger partial charge in [0, 0.05) is 29.3 Å². The van der Waals surface area contributed by atoms with E-state index in [0.29, 0.717) is 5.56 Å². The first kappa shape index (κ1) is 13.7. The van der Waals surface area contributed by atoms with Gasteiger partial charge in [0.25, 0.3) is 0 Å². The molecule has 1 aliphatic rings. The summed E-state index contributed by atoms with van der Waals surface area (Å²) in [5, 5.41) is 23.3. The highest BCUT2D eigenvalue weighted by Gasteiger charge is 2.23. The summed E-state index contributed by atoms with van der Waals surface area (Å²) in [6.07, 6.45) is 0.166. The highest BCUT2D eigenvalue weighted by atomic mass is 16.3. The first-order chi connectivity index (χ1) is 9.24. The molecule has 6 nitrogen and oxygen atoms in total. The molecule has 0 radical (unpaired) electrons. The Morgan fingerprint density at radius 3 is 2.63 bits per heavy atom. The molecule has 6 heteroatoms. The van der Waals surface area contributed by atoms with Crippen LogP contribution in [0.3, 0.4) is 0 Å². The van der Waals surface area contributed by atoms with E-state index in [-0.39, 0.29) is 6.54 Å². The Balaban J connectivity index is 2.20. The third kappa shape index (κ3) is 3.17. The molecule has 1 aromatic rings. The van der Waals surface area contributed by atoms with Crippen molar-refractivity contribution in [3.8, 4) is 0 Å². The van der Waals surface area contributed by atoms with E-state index in [1.165, 1.54) is 0 Å². The molecule has 1 aromatic carbocycles. The van der Waals surface area contributed by atoms with Gasteiger partial charge in [0.1, 0.15) is 6.10 Å². The van der Waals surface area contributed by atoms with Crippen LogP contribution in [0.1, 0.15) is 24.5 Å². The van der Waals surface area contributed by atoms with Crippen LogP contribution in [0, 0.1) is 0 Å². The van der Waals surface area contributed by atoms with E-state index in [4.69, 9.17) is 5.53 Å². The summed E-state index contributed by atoms with van der Waals surface area (Å²) in [4.78, 5) is 4.80. The second kappa shape index (κ2) is 6.43. The maximum absolute atomic E-state index is 10.2. The van der Waals surface area contributed by atoms with Crippen LogP contribution in [0.2, 0.25) is 0 Å². The minimum absolute atomic E-state index is 0.133. The molecule has 1 fully saturated rings. The van der Waals surface area contributed by atoms with Gasteiger partial charge >= 0.3 is 0 Å². The van der Waals surface area contributed by atoms with Gasteiger partial charge in [-0.15, -0.1) is 0 Å². The Kier molecular flexibility index (Phi) is 4.63. The molecule has 0 saturated carbocycles. The maximum atomic E-state index is 10.2. The molecule has 0 aromatic heterocycles. The predicted molar refractivity (Wildman–Crippen MR) is 72.9 cm³/mol. The third-order valence-electron chi connectivity index (χ3n) is 3.40. The molecule has 1 heterocycles. The van der Waals surface area contributed by atoms with Crippen molar-refractivity contribution in [1.29, 1.82) is 0 Å². The summed E-state index contributed by atoms with van der Waals surface area (Å²) >= 11 is 0. The lowest BCUT2D eigenvalue weighted by Gasteiger charge is -2.25. The van der Waals surface area contributed by atoms with Gasteiger partial charge in [0.05, 0.1) is 12.6 Å². The lowest BCUT2D eigenvalue weighted by molar-refractivity contribution is 0.0247. The number of rotatable bonds is 5. The van der Waals surface area contributed by atoms with E-state index in [9.17, 15) is 10.2 Å². The highest BCUT2D eigenvalue weighted by molar-refractivity contribution is 5.55. The van der Waals surface area contributed by atoms with Crippen LogP contribution >= 0.6 is 0 Å². The van der Waals surface area contributed by atoms with E-state index in [1.807, 2.05) is 18.2 Å². The topological polar surface area (TPSA) is 92.5 Å². The van der Waals surface area contributed by atoms with Crippen LogP contribution in [0.4, 0.5) is 5.69 Å². The molecule has 2 N–H and O–H groups in total. The van der Waals surface area contributed by atoms with E-state index in [0.717, 1.165) is 31.6 Å². The predicted octanol–water partition coefficient (Wildman–Crippen LogP) is 1.99. The van der Waals surface area contributed by atoms with Crippen molar-refractivity contribution in [2.45, 2.75) is 25.0 Å². The lowest BCUT2D eigenvalue weighted by atomic mass is 10.0. The fourth-order valence-corrected chi connectivity index (χ4v) is 2.41. The van der Waals surface area contributed by atoms with Gasteiger partial charge in [0.15, 0.2) is 0 Å². The smallest absolute Gasteiger partial charge is 0.107 e. The molecular formula is C13H18N4O2. The number of aliphatic hydroxyl groups is 2. The van der Waals surface area contributed by atoms with Crippen molar-refractivity contribution in [2.75, 3.05) is 24.5 Å². The van der Waals surface area contributed by atoms with Crippen molar-refractivity contribution in [3.05, 3.63) is 40.3 Å². The summed E-state index contributed by atoms with van der Waals surface area (Å²) in [5.41, 5.74) is 9.89. The van der Waals surface area contributed by atoms with Gasteiger partial charge < -0.3 is 15.1 Å². The van der Waals surface area contributed by atoms with Crippen LogP contribution in [0.25, 0.3) is 10.4 Å². The lowest BCUT2D eigenvalue weighted by Crippen LogP contribution is -2.25. The molecule has 2 atom stereocenters. The number of anilines is 1. The third-order valence-corrected chi connectivity index (χ3v) is 3.40. The number of para-hydroxylation sites is 1. The van der Waals surface area contributed by atoms with Gasteiger partial charge in [-0.3, -0.25) is 0 Å². The largest absolute Gasteiger partial charge is 0.390 e. The Labute approximate surface area is 111 Å². The van der Waals surface area contributed by atoms with E-state index >= 15 is 0 Å². The summed E-state index contributed by atoms with van der Waals surface area (Å²) < 4.78 is 0. The van der Waals surface area contributed by atoms with E-state index < -0.39 is 12.2 Å². The van der Waals surface area contributed by atoms with Crippen LogP contribution in [0.5, 0.6) is 0 Å². The fraction of sp³-hybridized carbons (Fsp3) is 0.538. The quantitative estimate of drug-likeness (QED) is 0.483. The molecule has 1 saturated heterocycles. The number of hydrogen-bond acceptors (Lipinski definition) is 4. The van der Waals surface area contributed by atoms with Crippen molar-refractivity contribution in [3.63, 3.8) is 0 Å². The van der Waals surface area contributed by atoms with Crippen LogP contribution in [0.15, 0.2) is 29.4 Å². The maximum Gasteiger partial charge on any atom is 0.107 e. The van der Waals surface area contributed by atoms with Crippen LogP contribution < -0.4 is 4.90 Å². The average Bonchev–Trinajstić information content (AvgIpc) is 2.98. The van der Waals surface area contributed by atoms with E-state index in [1.54, 1.807) is 6.07 Å². The zero-order valence-electron chi connectivity index (χ0n) is 10.7. The van der Waals surface area contributed by atoms with E-state index in [2.05, 4.69) is 14.9 Å². The Morgan fingerprint density at radius 2 is 1.95 bits per heavy atom. The molecule has 0 amide bonds. The molecule has 1 aliphatic heterocycles. The fourth-order valence-electron chi connectivity index (χ4n) is 2.41. The number of azide groups is 1. The minimum Gasteiger partial charge on any atom is -0.390 e. The van der Waals surface area contributed by atoms with Gasteiger partial charge in [-0.05, 0) is 24.4 Å². The van der Waals surface area contributed by atoms with Gasteiger partial charge in [-0.2, -0.15) is 0 Å². The zero-order chi connectivity index (χ0) is 13.7. The SMILES string of the molecule is [N-]=[N+]=NCC(O)C(O)c1ccccc1N1CCCC1. The second-order valence-electron chi connectivity index (χ2n) is 4.68. The average molecular weight is 262 g/mol. The first-order valence-electron chi connectivity index (χ1n) is 6.45. The van der Waals surface area contributed by atoms with Gasteiger partial charge in [-0.1, -0.05) is 23.3 Å². The monoisotopic (exact) mass is 262 g/mol. The number of hydrogen-bond donors (Lipinski definition) is 2. The molecule has 0 aliphatic carbocycles. The van der Waals surface area contributed by atoms with Crippen molar-refractivity contribution in [1.82, 2.24) is 0 Å². The number of benzene rings is 1. The number of nitrogens with zero attached hydrogens (tertiary/aromatic N) is 4. The standard InChI is InChI=1S/C13H18N4O2/c14-16-15-9-12(18)13(19)10-5-1-2-6-11(10)17-7-3-4-8-17/h1-2,5-6,12-13,18-19H,3-4,7-9H2. The summed E-state index contributed by atoms with van der Waals surface area (Å²) in [6, 6.07) is 7.50.